The Hall–Kier alpha value is -4.04. The average molecular weight is 586 g/mol. The summed E-state index contributed by atoms with van der Waals surface area (Å²) in [5.74, 6) is -0.938. The maximum Gasteiger partial charge on any atom is 0.475 e. The number of amides is 1. The van der Waals surface area contributed by atoms with Crippen molar-refractivity contribution in [2.45, 2.75) is 58.9 Å². The number of nitrogens with one attached hydrogen (secondary N) is 1. The summed E-state index contributed by atoms with van der Waals surface area (Å²) in [7, 11) is -1.64. The van der Waals surface area contributed by atoms with Crippen LogP contribution >= 0.6 is 0 Å². The summed E-state index contributed by atoms with van der Waals surface area (Å²) in [6.07, 6.45) is 7.49. The van der Waals surface area contributed by atoms with E-state index in [2.05, 4.69) is 40.4 Å². The summed E-state index contributed by atoms with van der Waals surface area (Å²) in [4.78, 5) is 31.0. The quantitative estimate of drug-likeness (QED) is 0.157. The van der Waals surface area contributed by atoms with E-state index >= 15 is 0 Å². The zero-order valence-electron chi connectivity index (χ0n) is 24.8. The molecule has 0 aliphatic rings. The van der Waals surface area contributed by atoms with Gasteiger partial charge in [0.05, 0.1) is 34.9 Å². The summed E-state index contributed by atoms with van der Waals surface area (Å²) in [6.45, 7) is 7.67. The van der Waals surface area contributed by atoms with Gasteiger partial charge in [-0.1, -0.05) is 37.3 Å². The number of pyridine rings is 3. The van der Waals surface area contributed by atoms with Gasteiger partial charge in [-0.05, 0) is 48.7 Å². The van der Waals surface area contributed by atoms with Gasteiger partial charge in [0.15, 0.2) is 0 Å². The van der Waals surface area contributed by atoms with Crippen molar-refractivity contribution in [1.29, 1.82) is 0 Å². The predicted molar refractivity (Wildman–Crippen MR) is 163 cm³/mol. The Bertz CT molecular complexity index is 1320. The molecular weight excluding hydrogens is 545 g/mol. The van der Waals surface area contributed by atoms with Gasteiger partial charge >= 0.3 is 7.12 Å². The van der Waals surface area contributed by atoms with Crippen LogP contribution in [-0.2, 0) is 37.5 Å². The predicted octanol–water partition coefficient (Wildman–Crippen LogP) is 1.71. The van der Waals surface area contributed by atoms with Crippen LogP contribution in [0.5, 0.6) is 0 Å². The van der Waals surface area contributed by atoms with Gasteiger partial charge < -0.3 is 15.4 Å². The second-order valence-electron chi connectivity index (χ2n) is 11.0. The zero-order chi connectivity index (χ0) is 30.4. The highest BCUT2D eigenvalue weighted by Gasteiger charge is 2.26. The van der Waals surface area contributed by atoms with E-state index in [0.717, 1.165) is 29.3 Å². The summed E-state index contributed by atoms with van der Waals surface area (Å²) < 4.78 is 1.55. The third kappa shape index (κ3) is 11.0. The molecule has 0 saturated heterocycles. The Morgan fingerprint density at radius 3 is 1.79 bits per heavy atom. The molecule has 3 N–H and O–H groups in total. The average Bonchev–Trinajstić information content (AvgIpc) is 3.42. The minimum absolute atomic E-state index is 0.0838. The lowest BCUT2D eigenvalue weighted by molar-refractivity contribution is -0.122. The number of aromatic nitrogens is 6. The summed E-state index contributed by atoms with van der Waals surface area (Å²) >= 11 is 0. The molecule has 1 atom stereocenters. The molecule has 0 aliphatic heterocycles. The number of carbonyl (C=O) groups is 1. The first-order valence-corrected chi connectivity index (χ1v) is 14.5. The fourth-order valence-electron chi connectivity index (χ4n) is 4.79. The van der Waals surface area contributed by atoms with E-state index in [1.807, 2.05) is 68.4 Å². The summed E-state index contributed by atoms with van der Waals surface area (Å²) in [5, 5.41) is 30.4. The second-order valence-corrected chi connectivity index (χ2v) is 11.0. The van der Waals surface area contributed by atoms with Crippen LogP contribution in [0.2, 0.25) is 0 Å². The van der Waals surface area contributed by atoms with E-state index in [0.29, 0.717) is 39.1 Å². The van der Waals surface area contributed by atoms with Crippen LogP contribution in [0, 0.1) is 5.92 Å². The van der Waals surface area contributed by atoms with Gasteiger partial charge in [0.1, 0.15) is 6.54 Å². The molecule has 43 heavy (non-hydrogen) atoms. The van der Waals surface area contributed by atoms with Gasteiger partial charge in [-0.25, -0.2) is 4.68 Å². The summed E-state index contributed by atoms with van der Waals surface area (Å²) in [5.41, 5.74) is 3.64. The minimum atomic E-state index is -1.64. The molecule has 1 unspecified atom stereocenters. The Morgan fingerprint density at radius 2 is 1.35 bits per heavy atom. The van der Waals surface area contributed by atoms with Crippen LogP contribution < -0.4 is 5.32 Å². The molecule has 0 spiro atoms. The SMILES string of the molecule is CC(C)CC(NC(=O)Cn1nncc1CN(CCN(Cc1ccccn1)Cc1ccccn1)Cc1ccccn1)B(O)O. The molecule has 1 amide bonds. The van der Waals surface area contributed by atoms with E-state index in [1.54, 1.807) is 29.5 Å². The van der Waals surface area contributed by atoms with Crippen LogP contribution in [0.15, 0.2) is 79.4 Å². The highest BCUT2D eigenvalue weighted by atomic mass is 16.4. The molecule has 4 heterocycles. The van der Waals surface area contributed by atoms with Crippen molar-refractivity contribution in [3.05, 3.63) is 102 Å². The van der Waals surface area contributed by atoms with Gasteiger partial charge in [-0.2, -0.15) is 0 Å². The highest BCUT2D eigenvalue weighted by molar-refractivity contribution is 6.43. The van der Waals surface area contributed by atoms with Gasteiger partial charge in [-0.15, -0.1) is 5.10 Å². The standard InChI is InChI=1S/C30H40BN9O3/c1-24(2)17-29(31(42)43)36-30(41)23-40-28(18-35-37-40)22-39(21-27-11-5-8-14-34-27)16-15-38(19-25-9-3-6-12-32-25)20-26-10-4-7-13-33-26/h3-14,18,24,29,42-43H,15-17,19-23H2,1-2H3,(H,36,41). The molecule has 4 aromatic heterocycles. The van der Waals surface area contributed by atoms with Crippen LogP contribution in [0.25, 0.3) is 0 Å². The van der Waals surface area contributed by atoms with Crippen LogP contribution in [0.3, 0.4) is 0 Å². The normalized spacial score (nSPS) is 12.2. The highest BCUT2D eigenvalue weighted by Crippen LogP contribution is 2.12. The van der Waals surface area contributed by atoms with E-state index in [4.69, 9.17) is 0 Å². The second kappa shape index (κ2) is 16.6. The van der Waals surface area contributed by atoms with E-state index < -0.39 is 13.1 Å². The first-order valence-electron chi connectivity index (χ1n) is 14.5. The third-order valence-corrected chi connectivity index (χ3v) is 6.88. The monoisotopic (exact) mass is 585 g/mol. The molecule has 0 radical (unpaired) electrons. The fourth-order valence-corrected chi connectivity index (χ4v) is 4.79. The van der Waals surface area contributed by atoms with Gasteiger partial charge in [-0.3, -0.25) is 29.5 Å². The minimum Gasteiger partial charge on any atom is -0.426 e. The Kier molecular flexibility index (Phi) is 12.3. The van der Waals surface area contributed by atoms with Crippen LogP contribution in [0.4, 0.5) is 0 Å². The maximum atomic E-state index is 12.8. The molecular formula is C30H40BN9O3. The largest absolute Gasteiger partial charge is 0.475 e. The van der Waals surface area contributed by atoms with E-state index in [1.165, 1.54) is 0 Å². The Labute approximate surface area is 253 Å². The molecule has 226 valence electrons. The van der Waals surface area contributed by atoms with Gasteiger partial charge in [0.25, 0.3) is 0 Å². The number of hydrogen-bond acceptors (Lipinski definition) is 10. The summed E-state index contributed by atoms with van der Waals surface area (Å²) in [6, 6.07) is 17.7. The lowest BCUT2D eigenvalue weighted by Crippen LogP contribution is -2.48. The number of hydrogen-bond donors (Lipinski definition) is 3. The molecule has 0 saturated carbocycles. The first-order chi connectivity index (χ1) is 20.9. The maximum absolute atomic E-state index is 12.8. The van der Waals surface area contributed by atoms with Crippen molar-refractivity contribution in [3.8, 4) is 0 Å². The third-order valence-electron chi connectivity index (χ3n) is 6.88. The molecule has 4 aromatic rings. The molecule has 4 rings (SSSR count). The van der Waals surface area contributed by atoms with Crippen molar-refractivity contribution < 1.29 is 14.8 Å². The molecule has 13 heteroatoms. The zero-order valence-corrected chi connectivity index (χ0v) is 24.8. The topological polar surface area (TPSA) is 145 Å². The van der Waals surface area contributed by atoms with E-state index in [9.17, 15) is 14.8 Å². The number of nitrogens with zero attached hydrogens (tertiary/aromatic N) is 8. The van der Waals surface area contributed by atoms with Crippen molar-refractivity contribution >= 4 is 13.0 Å². The molecule has 0 aromatic carbocycles. The van der Waals surface area contributed by atoms with Crippen molar-refractivity contribution in [1.82, 2.24) is 45.1 Å². The van der Waals surface area contributed by atoms with Crippen LogP contribution in [0.1, 0.15) is 43.0 Å². The lowest BCUT2D eigenvalue weighted by atomic mass is 9.75. The number of rotatable bonds is 17. The Balaban J connectivity index is 1.47. The number of carbonyl (C=O) groups excluding carboxylic acids is 1. The van der Waals surface area contributed by atoms with Gasteiger partial charge in [0, 0.05) is 57.9 Å². The molecule has 0 bridgehead atoms. The molecule has 0 aliphatic carbocycles. The van der Waals surface area contributed by atoms with Crippen molar-refractivity contribution in [3.63, 3.8) is 0 Å². The first kappa shape index (κ1) is 31.9. The Morgan fingerprint density at radius 1 is 0.837 bits per heavy atom. The van der Waals surface area contributed by atoms with E-state index in [-0.39, 0.29) is 18.4 Å². The lowest BCUT2D eigenvalue weighted by Gasteiger charge is -2.27. The molecule has 12 nitrogen and oxygen atoms in total. The van der Waals surface area contributed by atoms with Crippen molar-refractivity contribution in [2.75, 3.05) is 13.1 Å². The smallest absolute Gasteiger partial charge is 0.426 e. The van der Waals surface area contributed by atoms with Crippen LogP contribution in [-0.4, -0.2) is 81.8 Å². The van der Waals surface area contributed by atoms with Crippen molar-refractivity contribution in [2.24, 2.45) is 5.92 Å². The fraction of sp³-hybridized carbons (Fsp3) is 0.400. The molecule has 0 fully saturated rings. The van der Waals surface area contributed by atoms with Gasteiger partial charge in [0.2, 0.25) is 5.91 Å².